The molecule has 5 rings (SSSR count). The van der Waals surface area contributed by atoms with Crippen molar-refractivity contribution < 1.29 is 70.0 Å². The molecule has 1 aromatic heterocycles. The van der Waals surface area contributed by atoms with Gasteiger partial charge in [0.15, 0.2) is 25.4 Å². The molecule has 1 amide bonds. The van der Waals surface area contributed by atoms with Crippen LogP contribution in [-0.2, 0) is 54.8 Å². The summed E-state index contributed by atoms with van der Waals surface area (Å²) in [6, 6.07) is 9.48. The normalized spacial score (nSPS) is 12.6. The summed E-state index contributed by atoms with van der Waals surface area (Å²) in [5.74, 6) is -3.74. The predicted octanol–water partition coefficient (Wildman–Crippen LogP) is 4.71. The number of halogens is 1. The minimum atomic E-state index is -5.46. The first kappa shape index (κ1) is 46.7. The molecule has 0 spiro atoms. The largest absolute Gasteiger partial charge is 0.505 e. The van der Waals surface area contributed by atoms with E-state index in [2.05, 4.69) is 54.3 Å². The summed E-state index contributed by atoms with van der Waals surface area (Å²) in [6.07, 6.45) is -1.96. The maximum atomic E-state index is 14.8. The lowest BCUT2D eigenvalue weighted by molar-refractivity contribution is -0.116. The number of hydrogen-bond acceptors (Lipinski definition) is 19. The number of sulfone groups is 2. The van der Waals surface area contributed by atoms with E-state index in [0.29, 0.717) is 29.0 Å². The number of azo groups is 1. The van der Waals surface area contributed by atoms with E-state index < -0.39 is 128 Å². The average molecular weight is 957 g/mol. The lowest BCUT2D eigenvalue weighted by Gasteiger charge is -2.15. The van der Waals surface area contributed by atoms with Crippen molar-refractivity contribution in [2.45, 2.75) is 32.4 Å². The van der Waals surface area contributed by atoms with E-state index in [0.717, 1.165) is 24.3 Å². The second kappa shape index (κ2) is 17.6. The van der Waals surface area contributed by atoms with E-state index in [1.54, 1.807) is 0 Å². The molecule has 0 saturated carbocycles. The molecule has 4 aromatic carbocycles. The summed E-state index contributed by atoms with van der Waals surface area (Å²) < 4.78 is 167. The summed E-state index contributed by atoms with van der Waals surface area (Å²) in [7, 11) is -23.3. The average Bonchev–Trinajstić information content (AvgIpc) is 3.16. The number of aromatic nitrogens is 3. The molecule has 62 heavy (non-hydrogen) atoms. The number of carbonyl (C=O) groups is 1. The molecule has 0 aliphatic heterocycles. The van der Waals surface area contributed by atoms with E-state index in [9.17, 15) is 70.0 Å². The lowest BCUT2D eigenvalue weighted by atomic mass is 10.1. The van der Waals surface area contributed by atoms with Gasteiger partial charge in [-0.1, -0.05) is 19.2 Å². The van der Waals surface area contributed by atoms with Crippen LogP contribution in [0.4, 0.5) is 44.7 Å². The molecular formula is C33H29FN8O15S5. The number of amides is 1. The number of nitrogens with one attached hydrogen (secondary N) is 3. The number of rotatable bonds is 17. The van der Waals surface area contributed by atoms with Gasteiger partial charge in [0, 0.05) is 34.0 Å². The summed E-state index contributed by atoms with van der Waals surface area (Å²) in [5, 5.41) is 26.3. The van der Waals surface area contributed by atoms with Gasteiger partial charge in [0.25, 0.3) is 30.4 Å². The molecule has 0 unspecified atom stereocenters. The van der Waals surface area contributed by atoms with Crippen LogP contribution in [0.25, 0.3) is 10.8 Å². The van der Waals surface area contributed by atoms with Crippen LogP contribution in [0.3, 0.4) is 0 Å². The molecule has 0 radical (unpaired) electrons. The molecule has 23 nitrogen and oxygen atoms in total. The highest BCUT2D eigenvalue weighted by atomic mass is 32.2. The van der Waals surface area contributed by atoms with Gasteiger partial charge in [0.1, 0.15) is 21.2 Å². The third-order valence-electron chi connectivity index (χ3n) is 8.06. The van der Waals surface area contributed by atoms with E-state index in [-0.39, 0.29) is 29.1 Å². The first-order valence-corrected chi connectivity index (χ1v) is 24.2. The highest BCUT2D eigenvalue weighted by Crippen LogP contribution is 2.46. The Labute approximate surface area is 351 Å². The maximum Gasteiger partial charge on any atom is 0.315 e. The smallest absolute Gasteiger partial charge is 0.315 e. The Morgan fingerprint density at radius 2 is 1.39 bits per heavy atom. The predicted molar refractivity (Wildman–Crippen MR) is 218 cm³/mol. The zero-order valence-corrected chi connectivity index (χ0v) is 35.0. The van der Waals surface area contributed by atoms with Crippen LogP contribution in [-0.4, -0.2) is 87.5 Å². The number of hydrogen-bond donors (Lipinski definition) is 7. The molecule has 0 fully saturated rings. The SMILES string of the molecule is C=CS(=O)(=O)CCCC(=O)Nc1ccc(S(=O)(=O)O)c(N=Nc2c(S(=O)(=O)O)cc3cc(S(=O)(=O)O)cc(Nc4nc(F)nc(Nc5cccc(S(=O)(=O)C=C)c5)n4)c3c2O)c1. The first-order chi connectivity index (χ1) is 28.7. The fourth-order valence-electron chi connectivity index (χ4n) is 5.30. The van der Waals surface area contributed by atoms with Crippen LogP contribution in [0.1, 0.15) is 12.8 Å². The topological polar surface area (TPSA) is 368 Å². The number of aromatic hydroxyl groups is 1. The van der Waals surface area contributed by atoms with Crippen molar-refractivity contribution in [1.82, 2.24) is 15.0 Å². The molecule has 29 heteroatoms. The van der Waals surface area contributed by atoms with Crippen molar-refractivity contribution in [3.05, 3.63) is 90.7 Å². The van der Waals surface area contributed by atoms with Crippen molar-refractivity contribution in [2.24, 2.45) is 10.2 Å². The minimum Gasteiger partial charge on any atom is -0.505 e. The molecule has 0 bridgehead atoms. The Balaban J connectivity index is 1.63. The molecule has 1 heterocycles. The van der Waals surface area contributed by atoms with Crippen LogP contribution in [0.2, 0.25) is 0 Å². The van der Waals surface area contributed by atoms with E-state index in [1.807, 2.05) is 0 Å². The van der Waals surface area contributed by atoms with Gasteiger partial charge >= 0.3 is 6.08 Å². The Morgan fingerprint density at radius 3 is 2.00 bits per heavy atom. The van der Waals surface area contributed by atoms with Gasteiger partial charge in [-0.15, -0.1) is 10.2 Å². The Bertz CT molecular complexity index is 3300. The highest BCUT2D eigenvalue weighted by molar-refractivity contribution is 7.94. The van der Waals surface area contributed by atoms with Gasteiger partial charge in [-0.25, -0.2) is 16.8 Å². The molecule has 7 N–H and O–H groups in total. The van der Waals surface area contributed by atoms with Crippen LogP contribution in [0, 0.1) is 6.08 Å². The summed E-state index contributed by atoms with van der Waals surface area (Å²) in [6.45, 7) is 6.40. The van der Waals surface area contributed by atoms with Crippen molar-refractivity contribution >= 4 is 107 Å². The number of fused-ring (bicyclic) bond motifs is 1. The summed E-state index contributed by atoms with van der Waals surface area (Å²) in [4.78, 5) is 19.9. The van der Waals surface area contributed by atoms with Crippen molar-refractivity contribution in [2.75, 3.05) is 21.7 Å². The van der Waals surface area contributed by atoms with Crippen LogP contribution < -0.4 is 16.0 Å². The van der Waals surface area contributed by atoms with Crippen molar-refractivity contribution in [3.8, 4) is 5.75 Å². The zero-order chi connectivity index (χ0) is 46.0. The van der Waals surface area contributed by atoms with E-state index in [1.165, 1.54) is 18.2 Å². The number of phenolic OH excluding ortho intramolecular Hbond substituents is 1. The molecule has 5 aromatic rings. The van der Waals surface area contributed by atoms with Crippen LogP contribution in [0.5, 0.6) is 5.75 Å². The van der Waals surface area contributed by atoms with Crippen molar-refractivity contribution in [3.63, 3.8) is 0 Å². The molecule has 0 aliphatic carbocycles. The molecule has 0 saturated heterocycles. The summed E-state index contributed by atoms with van der Waals surface area (Å²) in [5.41, 5.74) is -2.74. The fourth-order valence-corrected chi connectivity index (χ4v) is 8.56. The molecular weight excluding hydrogens is 928 g/mol. The summed E-state index contributed by atoms with van der Waals surface area (Å²) >= 11 is 0. The van der Waals surface area contributed by atoms with Crippen LogP contribution in [0.15, 0.2) is 114 Å². The van der Waals surface area contributed by atoms with Gasteiger partial charge in [0.05, 0.1) is 21.2 Å². The van der Waals surface area contributed by atoms with E-state index in [4.69, 9.17) is 0 Å². The maximum absolute atomic E-state index is 14.8. The lowest BCUT2D eigenvalue weighted by Crippen LogP contribution is -2.13. The van der Waals surface area contributed by atoms with Crippen LogP contribution >= 0.6 is 0 Å². The molecule has 328 valence electrons. The van der Waals surface area contributed by atoms with Gasteiger partial charge < -0.3 is 21.1 Å². The quantitative estimate of drug-likeness (QED) is 0.0490. The number of carbonyl (C=O) groups excluding carboxylic acids is 1. The zero-order valence-electron chi connectivity index (χ0n) is 30.9. The highest BCUT2D eigenvalue weighted by Gasteiger charge is 2.27. The van der Waals surface area contributed by atoms with Crippen molar-refractivity contribution in [1.29, 1.82) is 0 Å². The van der Waals surface area contributed by atoms with Gasteiger partial charge in [-0.3, -0.25) is 18.5 Å². The first-order valence-electron chi connectivity index (χ1n) is 16.6. The monoisotopic (exact) mass is 956 g/mol. The second-order valence-corrected chi connectivity index (χ2v) is 20.5. The third kappa shape index (κ3) is 11.3. The number of phenols is 1. The Hall–Kier alpha value is -6.34. The number of benzene rings is 4. The third-order valence-corrected chi connectivity index (χ3v) is 13.4. The molecule has 0 aliphatic rings. The van der Waals surface area contributed by atoms with Gasteiger partial charge in [-0.05, 0) is 66.4 Å². The van der Waals surface area contributed by atoms with E-state index >= 15 is 0 Å². The number of anilines is 5. The standard InChI is InChI=1S/C33H29FN8O15S5/c1-3-58(45,46)12-6-9-27(43)35-20-10-11-25(61(52,53)54)23(16-20)41-42-29-26(62(55,56)57)14-18-13-22(60(49,50)51)17-24(28(18)30(29)44)37-33-39-31(34)38-32(40-33)36-19-7-5-8-21(15-19)59(47,48)4-2/h3-5,7-8,10-11,13-17,44H,1-2,6,9,12H2,(H,35,43)(H,49,50,51)(H,52,53,54)(H,55,56,57)(H2,36,37,38,39,40). The second-order valence-electron chi connectivity index (χ2n) is 12.4. The Kier molecular flexibility index (Phi) is 13.2. The molecule has 0 atom stereocenters. The van der Waals surface area contributed by atoms with Gasteiger partial charge in [-0.2, -0.15) is 44.6 Å². The minimum absolute atomic E-state index is 0.0237. The fraction of sp³-hybridized carbons (Fsp3) is 0.0909. The van der Waals surface area contributed by atoms with Gasteiger partial charge in [0.2, 0.25) is 17.8 Å². The number of nitrogens with zero attached hydrogens (tertiary/aromatic N) is 5. The Morgan fingerprint density at radius 1 is 0.726 bits per heavy atom.